The summed E-state index contributed by atoms with van der Waals surface area (Å²) in [6.07, 6.45) is 2.82. The highest BCUT2D eigenvalue weighted by atomic mass is 15.1. The van der Waals surface area contributed by atoms with Gasteiger partial charge in [0.15, 0.2) is 0 Å². The minimum atomic E-state index is 0.979. The Kier molecular flexibility index (Phi) is 8.20. The van der Waals surface area contributed by atoms with Gasteiger partial charge < -0.3 is 9.80 Å². The van der Waals surface area contributed by atoms with E-state index in [-0.39, 0.29) is 0 Å². The number of piperidine rings is 1. The third-order valence-corrected chi connectivity index (χ3v) is 2.96. The predicted molar refractivity (Wildman–Crippen MR) is 64.7 cm³/mol. The molecule has 0 aromatic rings. The van der Waals surface area contributed by atoms with E-state index in [4.69, 9.17) is 0 Å². The molecule has 0 spiro atoms. The van der Waals surface area contributed by atoms with Crippen LogP contribution in [0.15, 0.2) is 0 Å². The Hall–Kier alpha value is -0.0800. The zero-order chi connectivity index (χ0) is 11.0. The van der Waals surface area contributed by atoms with E-state index in [9.17, 15) is 0 Å². The van der Waals surface area contributed by atoms with Crippen molar-refractivity contribution in [3.63, 3.8) is 0 Å². The molecule has 1 saturated heterocycles. The van der Waals surface area contributed by atoms with Gasteiger partial charge in [0, 0.05) is 0 Å². The highest BCUT2D eigenvalue weighted by molar-refractivity contribution is 4.67. The molecule has 0 aromatic carbocycles. The molecular formula is C12H28N2. The first-order valence-electron chi connectivity index (χ1n) is 5.97. The summed E-state index contributed by atoms with van der Waals surface area (Å²) in [5.74, 6) is 0.979. The van der Waals surface area contributed by atoms with Crippen molar-refractivity contribution >= 4 is 0 Å². The van der Waals surface area contributed by atoms with Crippen LogP contribution in [-0.2, 0) is 0 Å². The normalized spacial score (nSPS) is 19.3. The van der Waals surface area contributed by atoms with E-state index in [0.29, 0.717) is 0 Å². The van der Waals surface area contributed by atoms with Gasteiger partial charge in [-0.05, 0) is 59.0 Å². The average molecular weight is 200 g/mol. The molecule has 0 aliphatic carbocycles. The lowest BCUT2D eigenvalue weighted by Gasteiger charge is -2.28. The first-order valence-corrected chi connectivity index (χ1v) is 5.97. The van der Waals surface area contributed by atoms with Crippen molar-refractivity contribution < 1.29 is 0 Å². The van der Waals surface area contributed by atoms with Crippen molar-refractivity contribution in [2.75, 3.05) is 40.3 Å². The Bertz CT molecular complexity index is 115. The molecule has 1 rings (SSSR count). The van der Waals surface area contributed by atoms with Gasteiger partial charge in [0.2, 0.25) is 0 Å². The van der Waals surface area contributed by atoms with Gasteiger partial charge in [-0.2, -0.15) is 0 Å². The number of hydrogen-bond acceptors (Lipinski definition) is 2. The predicted octanol–water partition coefficient (Wildman–Crippen LogP) is 2.31. The van der Waals surface area contributed by atoms with Crippen molar-refractivity contribution in [1.29, 1.82) is 0 Å². The van der Waals surface area contributed by atoms with Crippen molar-refractivity contribution in [3.05, 3.63) is 0 Å². The summed E-state index contributed by atoms with van der Waals surface area (Å²) in [7, 11) is 4.11. The molecular weight excluding hydrogens is 172 g/mol. The lowest BCUT2D eigenvalue weighted by molar-refractivity contribution is 0.201. The minimum absolute atomic E-state index is 0.979. The van der Waals surface area contributed by atoms with Crippen molar-refractivity contribution in [2.45, 2.75) is 33.6 Å². The topological polar surface area (TPSA) is 6.48 Å². The number of nitrogens with zero attached hydrogens (tertiary/aromatic N) is 2. The van der Waals surface area contributed by atoms with Gasteiger partial charge in [0.25, 0.3) is 0 Å². The second kappa shape index (κ2) is 8.25. The summed E-state index contributed by atoms with van der Waals surface area (Å²) >= 11 is 0. The molecule has 1 aliphatic heterocycles. The van der Waals surface area contributed by atoms with Crippen molar-refractivity contribution in [1.82, 2.24) is 9.80 Å². The summed E-state index contributed by atoms with van der Waals surface area (Å²) in [4.78, 5) is 4.65. The Morgan fingerprint density at radius 2 is 1.57 bits per heavy atom. The first kappa shape index (κ1) is 13.9. The van der Waals surface area contributed by atoms with Gasteiger partial charge in [-0.3, -0.25) is 0 Å². The smallest absolute Gasteiger partial charge is 0.00163 e. The lowest BCUT2D eigenvalue weighted by Crippen LogP contribution is -2.32. The highest BCUT2D eigenvalue weighted by Crippen LogP contribution is 2.14. The van der Waals surface area contributed by atoms with Crippen LogP contribution in [0.5, 0.6) is 0 Å². The average Bonchev–Trinajstić information content (AvgIpc) is 2.20. The monoisotopic (exact) mass is 200 g/mol. The Balaban J connectivity index is 0.000000292. The van der Waals surface area contributed by atoms with Gasteiger partial charge >= 0.3 is 0 Å². The second-order valence-corrected chi connectivity index (χ2v) is 4.51. The largest absolute Gasteiger partial charge is 0.310 e. The fourth-order valence-corrected chi connectivity index (χ4v) is 1.38. The lowest BCUT2D eigenvalue weighted by atomic mass is 9.99. The van der Waals surface area contributed by atoms with E-state index in [1.54, 1.807) is 0 Å². The molecule has 86 valence electrons. The fraction of sp³-hybridized carbons (Fsp3) is 1.00. The van der Waals surface area contributed by atoms with E-state index in [1.165, 1.54) is 32.5 Å². The Morgan fingerprint density at radius 3 is 1.86 bits per heavy atom. The third-order valence-electron chi connectivity index (χ3n) is 2.96. The number of hydrogen-bond donors (Lipinski definition) is 0. The van der Waals surface area contributed by atoms with E-state index >= 15 is 0 Å². The zero-order valence-corrected chi connectivity index (χ0v) is 10.7. The van der Waals surface area contributed by atoms with Crippen LogP contribution in [0.2, 0.25) is 0 Å². The maximum atomic E-state index is 2.53. The molecule has 14 heavy (non-hydrogen) atoms. The highest BCUT2D eigenvalue weighted by Gasteiger charge is 2.12. The molecule has 0 atom stereocenters. The van der Waals surface area contributed by atoms with Crippen LogP contribution in [0.3, 0.4) is 0 Å². The third kappa shape index (κ3) is 7.34. The summed E-state index contributed by atoms with van der Waals surface area (Å²) < 4.78 is 0. The molecule has 1 heterocycles. The summed E-state index contributed by atoms with van der Waals surface area (Å²) in [6, 6.07) is 0. The molecule has 0 amide bonds. The van der Waals surface area contributed by atoms with Gasteiger partial charge in [-0.25, -0.2) is 0 Å². The molecule has 2 nitrogen and oxygen atoms in total. The van der Waals surface area contributed by atoms with E-state index in [0.717, 1.165) is 12.5 Å². The van der Waals surface area contributed by atoms with Crippen LogP contribution in [0.25, 0.3) is 0 Å². The van der Waals surface area contributed by atoms with Crippen LogP contribution < -0.4 is 0 Å². The van der Waals surface area contributed by atoms with Crippen LogP contribution in [0, 0.1) is 5.92 Å². The minimum Gasteiger partial charge on any atom is -0.310 e. The maximum absolute atomic E-state index is 2.53. The van der Waals surface area contributed by atoms with Crippen LogP contribution >= 0.6 is 0 Å². The molecule has 0 saturated carbocycles. The molecule has 1 fully saturated rings. The van der Waals surface area contributed by atoms with Crippen LogP contribution in [-0.4, -0.2) is 50.1 Å². The van der Waals surface area contributed by atoms with Gasteiger partial charge in [0.1, 0.15) is 0 Å². The fourth-order valence-electron chi connectivity index (χ4n) is 1.38. The Morgan fingerprint density at radius 1 is 1.14 bits per heavy atom. The molecule has 0 bridgehead atoms. The molecule has 2 heteroatoms. The van der Waals surface area contributed by atoms with Gasteiger partial charge in [-0.15, -0.1) is 0 Å². The van der Waals surface area contributed by atoms with Crippen molar-refractivity contribution in [3.8, 4) is 0 Å². The SMILES string of the molecule is CCN(C)C.CCN1CCC(C)CC1. The molecule has 0 N–H and O–H groups in total. The van der Waals surface area contributed by atoms with E-state index < -0.39 is 0 Å². The molecule has 0 aromatic heterocycles. The van der Waals surface area contributed by atoms with Crippen molar-refractivity contribution in [2.24, 2.45) is 5.92 Å². The quantitative estimate of drug-likeness (QED) is 0.675. The van der Waals surface area contributed by atoms with Gasteiger partial charge in [-0.1, -0.05) is 20.8 Å². The Labute approximate surface area is 90.3 Å². The summed E-state index contributed by atoms with van der Waals surface area (Å²) in [5, 5.41) is 0. The van der Waals surface area contributed by atoms with Gasteiger partial charge in [0.05, 0.1) is 0 Å². The van der Waals surface area contributed by atoms with Crippen LogP contribution in [0.1, 0.15) is 33.6 Å². The van der Waals surface area contributed by atoms with Crippen LogP contribution in [0.4, 0.5) is 0 Å². The summed E-state index contributed by atoms with van der Waals surface area (Å²) in [5.41, 5.74) is 0. The number of likely N-dealkylation sites (tertiary alicyclic amines) is 1. The maximum Gasteiger partial charge on any atom is -0.00163 e. The first-order chi connectivity index (χ1) is 6.60. The summed E-state index contributed by atoms with van der Waals surface area (Å²) in [6.45, 7) is 11.8. The standard InChI is InChI=1S/C8H17N.C4H11N/c1-3-9-6-4-8(2)5-7-9;1-4-5(2)3/h8H,3-7H2,1-2H3;4H2,1-3H3. The van der Waals surface area contributed by atoms with E-state index in [2.05, 4.69) is 44.7 Å². The number of rotatable bonds is 2. The molecule has 0 unspecified atom stereocenters. The second-order valence-electron chi connectivity index (χ2n) is 4.51. The molecule has 1 aliphatic rings. The zero-order valence-electron chi connectivity index (χ0n) is 10.7. The molecule has 0 radical (unpaired) electrons. The van der Waals surface area contributed by atoms with E-state index in [1.807, 2.05) is 0 Å².